The van der Waals surface area contributed by atoms with Crippen molar-refractivity contribution in [1.82, 2.24) is 0 Å². The predicted molar refractivity (Wildman–Crippen MR) is 64.0 cm³/mol. The van der Waals surface area contributed by atoms with Gasteiger partial charge in [-0.2, -0.15) is 0 Å². The lowest BCUT2D eigenvalue weighted by Crippen LogP contribution is -2.36. The summed E-state index contributed by atoms with van der Waals surface area (Å²) in [6.45, 7) is 2.03. The molecule has 1 aromatic rings. The van der Waals surface area contributed by atoms with Gasteiger partial charge in [-0.05, 0) is 31.9 Å². The zero-order valence-electron chi connectivity index (χ0n) is 10.3. The first-order valence-corrected chi connectivity index (χ1v) is 6.43. The molecule has 4 unspecified atom stereocenters. The second-order valence-corrected chi connectivity index (χ2v) is 5.15. The van der Waals surface area contributed by atoms with E-state index in [2.05, 4.69) is 0 Å². The minimum atomic E-state index is -0.598. The number of hydrogen-bond acceptors (Lipinski definition) is 3. The van der Waals surface area contributed by atoms with Gasteiger partial charge in [-0.25, -0.2) is 4.39 Å². The van der Waals surface area contributed by atoms with E-state index in [1.54, 1.807) is 6.07 Å². The molecule has 1 fully saturated rings. The number of ether oxygens (including phenoxy) is 2. The van der Waals surface area contributed by atoms with Gasteiger partial charge in [0.25, 0.3) is 0 Å². The fraction of sp³-hybridized carbons (Fsp3) is 0.571. The maximum absolute atomic E-state index is 13.2. The smallest absolute Gasteiger partial charge is 0.128 e. The Kier molecular flexibility index (Phi) is 2.99. The standard InChI is InChI=1S/C14H17FO3/c1-8-2-5-12(17-8)14-7-11(16)10-4-3-9(15)6-13(10)18-14/h3-4,6,8,11-12,14,16H,2,5,7H2,1H3. The summed E-state index contributed by atoms with van der Waals surface area (Å²) in [7, 11) is 0. The molecule has 1 aromatic carbocycles. The fourth-order valence-corrected chi connectivity index (χ4v) is 2.78. The Morgan fingerprint density at radius 3 is 2.83 bits per heavy atom. The maximum Gasteiger partial charge on any atom is 0.128 e. The third kappa shape index (κ3) is 2.10. The topological polar surface area (TPSA) is 38.7 Å². The molecule has 0 bridgehead atoms. The Bertz CT molecular complexity index is 449. The lowest BCUT2D eigenvalue weighted by Gasteiger charge is -2.32. The lowest BCUT2D eigenvalue weighted by molar-refractivity contribution is -0.0466. The lowest BCUT2D eigenvalue weighted by atomic mass is 9.95. The number of rotatable bonds is 1. The van der Waals surface area contributed by atoms with Gasteiger partial charge in [-0.1, -0.05) is 0 Å². The van der Waals surface area contributed by atoms with E-state index in [0.717, 1.165) is 12.8 Å². The number of halogens is 1. The largest absolute Gasteiger partial charge is 0.487 e. The van der Waals surface area contributed by atoms with E-state index >= 15 is 0 Å². The third-order valence-electron chi connectivity index (χ3n) is 3.75. The van der Waals surface area contributed by atoms with Crippen molar-refractivity contribution in [2.45, 2.75) is 50.6 Å². The number of benzene rings is 1. The summed E-state index contributed by atoms with van der Waals surface area (Å²) in [5.74, 6) is 0.101. The van der Waals surface area contributed by atoms with E-state index in [1.807, 2.05) is 6.92 Å². The van der Waals surface area contributed by atoms with Crippen molar-refractivity contribution in [1.29, 1.82) is 0 Å². The van der Waals surface area contributed by atoms with Crippen LogP contribution in [0.1, 0.15) is 37.9 Å². The molecule has 3 rings (SSSR count). The van der Waals surface area contributed by atoms with Gasteiger partial charge in [0.2, 0.25) is 0 Å². The molecule has 4 atom stereocenters. The van der Waals surface area contributed by atoms with Crippen LogP contribution in [0.3, 0.4) is 0 Å². The van der Waals surface area contributed by atoms with Crippen molar-refractivity contribution >= 4 is 0 Å². The zero-order chi connectivity index (χ0) is 12.7. The predicted octanol–water partition coefficient (Wildman–Crippen LogP) is 2.58. The van der Waals surface area contributed by atoms with Crippen LogP contribution in [0.5, 0.6) is 5.75 Å². The molecule has 18 heavy (non-hydrogen) atoms. The van der Waals surface area contributed by atoms with Crippen molar-refractivity contribution in [3.8, 4) is 5.75 Å². The Labute approximate surface area is 106 Å². The molecule has 98 valence electrons. The van der Waals surface area contributed by atoms with E-state index in [0.29, 0.717) is 17.7 Å². The number of aliphatic hydroxyl groups is 1. The van der Waals surface area contributed by atoms with Crippen LogP contribution in [0.15, 0.2) is 18.2 Å². The highest BCUT2D eigenvalue weighted by Gasteiger charge is 2.36. The molecule has 2 aliphatic rings. The van der Waals surface area contributed by atoms with Gasteiger partial charge in [0.05, 0.1) is 18.3 Å². The molecule has 1 saturated heterocycles. The molecule has 1 N–H and O–H groups in total. The molecular weight excluding hydrogens is 235 g/mol. The average molecular weight is 252 g/mol. The van der Waals surface area contributed by atoms with Crippen LogP contribution in [0, 0.1) is 5.82 Å². The molecule has 2 heterocycles. The van der Waals surface area contributed by atoms with E-state index < -0.39 is 6.10 Å². The van der Waals surface area contributed by atoms with E-state index in [4.69, 9.17) is 9.47 Å². The molecule has 0 radical (unpaired) electrons. The Hall–Kier alpha value is -1.13. The van der Waals surface area contributed by atoms with Crippen LogP contribution in [0.2, 0.25) is 0 Å². The van der Waals surface area contributed by atoms with Gasteiger partial charge < -0.3 is 14.6 Å². The van der Waals surface area contributed by atoms with Crippen LogP contribution in [0.4, 0.5) is 4.39 Å². The minimum absolute atomic E-state index is 0.00562. The normalized spacial score (nSPS) is 35.1. The van der Waals surface area contributed by atoms with Gasteiger partial charge in [0, 0.05) is 18.1 Å². The quantitative estimate of drug-likeness (QED) is 0.835. The molecule has 4 heteroatoms. The van der Waals surface area contributed by atoms with Gasteiger partial charge in [-0.3, -0.25) is 0 Å². The second kappa shape index (κ2) is 4.52. The second-order valence-electron chi connectivity index (χ2n) is 5.15. The summed E-state index contributed by atoms with van der Waals surface area (Å²) in [4.78, 5) is 0. The first-order chi connectivity index (χ1) is 8.63. The van der Waals surface area contributed by atoms with Crippen LogP contribution < -0.4 is 4.74 Å². The summed E-state index contributed by atoms with van der Waals surface area (Å²) in [5.41, 5.74) is 0.665. The van der Waals surface area contributed by atoms with Crippen LogP contribution in [-0.4, -0.2) is 23.4 Å². The Morgan fingerprint density at radius 2 is 2.11 bits per heavy atom. The first-order valence-electron chi connectivity index (χ1n) is 6.43. The zero-order valence-corrected chi connectivity index (χ0v) is 10.3. The average Bonchev–Trinajstić information content (AvgIpc) is 2.75. The summed E-state index contributed by atoms with van der Waals surface area (Å²) >= 11 is 0. The highest BCUT2D eigenvalue weighted by Crippen LogP contribution is 2.38. The Balaban J connectivity index is 1.82. The molecular formula is C14H17FO3. The van der Waals surface area contributed by atoms with Gasteiger partial charge in [0.15, 0.2) is 0 Å². The minimum Gasteiger partial charge on any atom is -0.487 e. The fourth-order valence-electron chi connectivity index (χ4n) is 2.78. The number of aliphatic hydroxyl groups excluding tert-OH is 1. The third-order valence-corrected chi connectivity index (χ3v) is 3.75. The number of hydrogen-bond donors (Lipinski definition) is 1. The summed E-state index contributed by atoms with van der Waals surface area (Å²) in [6, 6.07) is 4.27. The van der Waals surface area contributed by atoms with Gasteiger partial charge in [-0.15, -0.1) is 0 Å². The summed E-state index contributed by atoms with van der Waals surface area (Å²) in [6.07, 6.45) is 1.92. The SMILES string of the molecule is CC1CCC(C2CC(O)c3ccc(F)cc3O2)O1. The summed E-state index contributed by atoms with van der Waals surface area (Å²) < 4.78 is 24.8. The highest BCUT2D eigenvalue weighted by molar-refractivity contribution is 5.37. The van der Waals surface area contributed by atoms with E-state index in [1.165, 1.54) is 12.1 Å². The van der Waals surface area contributed by atoms with Crippen molar-refractivity contribution < 1.29 is 19.0 Å². The maximum atomic E-state index is 13.2. The van der Waals surface area contributed by atoms with Crippen molar-refractivity contribution in [2.24, 2.45) is 0 Å². The van der Waals surface area contributed by atoms with Crippen molar-refractivity contribution in [2.75, 3.05) is 0 Å². The van der Waals surface area contributed by atoms with Crippen molar-refractivity contribution in [3.05, 3.63) is 29.6 Å². The van der Waals surface area contributed by atoms with Crippen LogP contribution in [-0.2, 0) is 4.74 Å². The van der Waals surface area contributed by atoms with Gasteiger partial charge >= 0.3 is 0 Å². The number of fused-ring (bicyclic) bond motifs is 1. The molecule has 0 aromatic heterocycles. The van der Waals surface area contributed by atoms with Crippen LogP contribution in [0.25, 0.3) is 0 Å². The monoisotopic (exact) mass is 252 g/mol. The molecule has 3 nitrogen and oxygen atoms in total. The first kappa shape index (κ1) is 11.9. The highest BCUT2D eigenvalue weighted by atomic mass is 19.1. The molecule has 2 aliphatic heterocycles. The van der Waals surface area contributed by atoms with Gasteiger partial charge in [0.1, 0.15) is 17.7 Å². The molecule has 0 saturated carbocycles. The Morgan fingerprint density at radius 1 is 1.28 bits per heavy atom. The van der Waals surface area contributed by atoms with E-state index in [-0.39, 0.29) is 24.1 Å². The van der Waals surface area contributed by atoms with Crippen molar-refractivity contribution in [3.63, 3.8) is 0 Å². The summed E-state index contributed by atoms with van der Waals surface area (Å²) in [5, 5.41) is 10.1. The van der Waals surface area contributed by atoms with E-state index in [9.17, 15) is 9.50 Å². The molecule has 0 aliphatic carbocycles. The molecule has 0 amide bonds. The molecule has 0 spiro atoms. The van der Waals surface area contributed by atoms with Crippen LogP contribution >= 0.6 is 0 Å².